The minimum atomic E-state index is -0.247. The molecule has 0 saturated heterocycles. The molecule has 76 valence electrons. The zero-order valence-corrected chi connectivity index (χ0v) is 8.32. The Kier molecular flexibility index (Phi) is 1.93. The number of phenolic OH excluding ortho intramolecular Hbond substituents is 1. The molecule has 2 rings (SSSR count). The second-order valence-corrected chi connectivity index (χ2v) is 4.19. The van der Waals surface area contributed by atoms with Crippen molar-refractivity contribution < 1.29 is 14.9 Å². The van der Waals surface area contributed by atoms with Gasteiger partial charge in [0, 0.05) is 11.0 Å². The third-order valence-corrected chi connectivity index (χ3v) is 2.90. The van der Waals surface area contributed by atoms with Gasteiger partial charge in [0.05, 0.1) is 6.61 Å². The van der Waals surface area contributed by atoms with Crippen LogP contribution in [-0.4, -0.2) is 22.9 Å². The summed E-state index contributed by atoms with van der Waals surface area (Å²) in [5.41, 5.74) is 0.708. The first kappa shape index (κ1) is 9.34. The minimum absolute atomic E-state index is 0.0115. The van der Waals surface area contributed by atoms with Gasteiger partial charge in [-0.2, -0.15) is 0 Å². The van der Waals surface area contributed by atoms with E-state index in [-0.39, 0.29) is 23.9 Å². The molecule has 3 heteroatoms. The van der Waals surface area contributed by atoms with Gasteiger partial charge in [0.1, 0.15) is 17.6 Å². The Morgan fingerprint density at radius 2 is 2.14 bits per heavy atom. The van der Waals surface area contributed by atoms with Crippen LogP contribution in [0.25, 0.3) is 0 Å². The van der Waals surface area contributed by atoms with Gasteiger partial charge in [0.15, 0.2) is 0 Å². The van der Waals surface area contributed by atoms with Crippen LogP contribution in [0.2, 0.25) is 0 Å². The summed E-state index contributed by atoms with van der Waals surface area (Å²) in [5, 5.41) is 18.5. The molecule has 0 fully saturated rings. The lowest BCUT2D eigenvalue weighted by Crippen LogP contribution is -2.35. The molecule has 1 atom stereocenters. The van der Waals surface area contributed by atoms with Crippen LogP contribution in [0.4, 0.5) is 0 Å². The van der Waals surface area contributed by atoms with Gasteiger partial charge >= 0.3 is 0 Å². The monoisotopic (exact) mass is 194 g/mol. The van der Waals surface area contributed by atoms with Gasteiger partial charge < -0.3 is 14.9 Å². The molecule has 1 aromatic rings. The van der Waals surface area contributed by atoms with Crippen molar-refractivity contribution in [3.05, 3.63) is 23.8 Å². The number of aliphatic hydroxyl groups is 1. The second-order valence-electron chi connectivity index (χ2n) is 4.19. The van der Waals surface area contributed by atoms with E-state index in [2.05, 4.69) is 0 Å². The Balaban J connectivity index is 2.50. The smallest absolute Gasteiger partial charge is 0.131 e. The highest BCUT2D eigenvalue weighted by molar-refractivity contribution is 5.48. The lowest BCUT2D eigenvalue weighted by molar-refractivity contribution is 0.0888. The van der Waals surface area contributed by atoms with Crippen molar-refractivity contribution in [3.63, 3.8) is 0 Å². The fourth-order valence-corrected chi connectivity index (χ4v) is 1.86. The van der Waals surface area contributed by atoms with Gasteiger partial charge in [0.25, 0.3) is 0 Å². The van der Waals surface area contributed by atoms with Gasteiger partial charge in [0.2, 0.25) is 0 Å². The molecule has 1 unspecified atom stereocenters. The summed E-state index contributed by atoms with van der Waals surface area (Å²) >= 11 is 0. The molecule has 0 aromatic heterocycles. The topological polar surface area (TPSA) is 49.7 Å². The van der Waals surface area contributed by atoms with Crippen LogP contribution in [-0.2, 0) is 5.41 Å². The number of fused-ring (bicyclic) bond motifs is 1. The van der Waals surface area contributed by atoms with Crippen LogP contribution in [0, 0.1) is 0 Å². The highest BCUT2D eigenvalue weighted by Crippen LogP contribution is 2.43. The minimum Gasteiger partial charge on any atom is -0.508 e. The predicted octanol–water partition coefficient (Wildman–Crippen LogP) is 1.42. The van der Waals surface area contributed by atoms with Crippen molar-refractivity contribution in [2.75, 3.05) is 6.61 Å². The molecule has 1 aromatic carbocycles. The molecule has 0 saturated carbocycles. The quantitative estimate of drug-likeness (QED) is 0.711. The van der Waals surface area contributed by atoms with E-state index in [1.54, 1.807) is 18.2 Å². The van der Waals surface area contributed by atoms with E-state index < -0.39 is 0 Å². The lowest BCUT2D eigenvalue weighted by atomic mass is 9.81. The molecule has 1 aliphatic rings. The van der Waals surface area contributed by atoms with Crippen LogP contribution < -0.4 is 4.74 Å². The van der Waals surface area contributed by atoms with E-state index in [4.69, 9.17) is 9.84 Å². The number of aromatic hydroxyl groups is 1. The maximum atomic E-state index is 9.37. The Labute approximate surface area is 83.0 Å². The molecule has 1 heterocycles. The highest BCUT2D eigenvalue weighted by Gasteiger charge is 2.41. The summed E-state index contributed by atoms with van der Waals surface area (Å²) in [6.45, 7) is 3.99. The number of phenols is 1. The van der Waals surface area contributed by atoms with Crippen molar-refractivity contribution in [1.29, 1.82) is 0 Å². The van der Waals surface area contributed by atoms with Gasteiger partial charge in [-0.1, -0.05) is 13.8 Å². The number of hydrogen-bond acceptors (Lipinski definition) is 3. The summed E-state index contributed by atoms with van der Waals surface area (Å²) < 4.78 is 5.57. The third kappa shape index (κ3) is 1.16. The zero-order chi connectivity index (χ0) is 10.3. The van der Waals surface area contributed by atoms with E-state index >= 15 is 0 Å². The molecule has 14 heavy (non-hydrogen) atoms. The Morgan fingerprint density at radius 1 is 1.43 bits per heavy atom. The van der Waals surface area contributed by atoms with Gasteiger partial charge in [-0.3, -0.25) is 0 Å². The molecular formula is C11H14O3. The van der Waals surface area contributed by atoms with Crippen molar-refractivity contribution >= 4 is 0 Å². The van der Waals surface area contributed by atoms with E-state index in [9.17, 15) is 5.11 Å². The highest BCUT2D eigenvalue weighted by atomic mass is 16.5. The van der Waals surface area contributed by atoms with Gasteiger partial charge in [-0.15, -0.1) is 0 Å². The number of benzene rings is 1. The normalized spacial score (nSPS) is 22.9. The number of aliphatic hydroxyl groups excluding tert-OH is 1. The van der Waals surface area contributed by atoms with Crippen LogP contribution in [0.3, 0.4) is 0 Å². The molecule has 3 nitrogen and oxygen atoms in total. The Hall–Kier alpha value is -1.22. The Morgan fingerprint density at radius 3 is 2.79 bits per heavy atom. The zero-order valence-electron chi connectivity index (χ0n) is 8.32. The van der Waals surface area contributed by atoms with Gasteiger partial charge in [-0.25, -0.2) is 0 Å². The average molecular weight is 194 g/mol. The summed E-state index contributed by atoms with van der Waals surface area (Å²) in [4.78, 5) is 0. The van der Waals surface area contributed by atoms with Crippen molar-refractivity contribution in [1.82, 2.24) is 0 Å². The largest absolute Gasteiger partial charge is 0.508 e. The average Bonchev–Trinajstić information content (AvgIpc) is 2.38. The van der Waals surface area contributed by atoms with Crippen LogP contribution in [0.15, 0.2) is 18.2 Å². The molecule has 0 amide bonds. The van der Waals surface area contributed by atoms with E-state index in [0.717, 1.165) is 11.3 Å². The maximum absolute atomic E-state index is 9.37. The van der Waals surface area contributed by atoms with E-state index in [0.29, 0.717) is 0 Å². The summed E-state index contributed by atoms with van der Waals surface area (Å²) in [7, 11) is 0. The molecule has 0 bridgehead atoms. The lowest BCUT2D eigenvalue weighted by Gasteiger charge is -2.23. The Bertz CT molecular complexity index is 358. The molecule has 0 aliphatic carbocycles. The molecule has 0 radical (unpaired) electrons. The second kappa shape index (κ2) is 2.89. The molecule has 0 spiro atoms. The first-order chi connectivity index (χ1) is 6.55. The number of ether oxygens (including phenoxy) is 1. The van der Waals surface area contributed by atoms with E-state index in [1.807, 2.05) is 13.8 Å². The van der Waals surface area contributed by atoms with E-state index in [1.165, 1.54) is 0 Å². The standard InChI is InChI=1S/C11H14O3/c1-11(2)8-5-7(13)3-4-9(8)14-10(11)6-12/h3-5,10,12-13H,6H2,1-2H3. The number of rotatable bonds is 1. The van der Waals surface area contributed by atoms with Crippen molar-refractivity contribution in [2.24, 2.45) is 0 Å². The maximum Gasteiger partial charge on any atom is 0.131 e. The summed E-state index contributed by atoms with van der Waals surface area (Å²) in [6.07, 6.45) is -0.223. The predicted molar refractivity (Wildman–Crippen MR) is 52.6 cm³/mol. The van der Waals surface area contributed by atoms with Crippen LogP contribution >= 0.6 is 0 Å². The van der Waals surface area contributed by atoms with Gasteiger partial charge in [-0.05, 0) is 18.2 Å². The molecule has 1 aliphatic heterocycles. The summed E-state index contributed by atoms with van der Waals surface area (Å²) in [5.74, 6) is 0.992. The van der Waals surface area contributed by atoms with Crippen molar-refractivity contribution in [3.8, 4) is 11.5 Å². The third-order valence-electron chi connectivity index (χ3n) is 2.90. The van der Waals surface area contributed by atoms with Crippen LogP contribution in [0.1, 0.15) is 19.4 Å². The molecule has 2 N–H and O–H groups in total. The number of hydrogen-bond donors (Lipinski definition) is 2. The first-order valence-corrected chi connectivity index (χ1v) is 4.66. The van der Waals surface area contributed by atoms with Crippen molar-refractivity contribution in [2.45, 2.75) is 25.4 Å². The first-order valence-electron chi connectivity index (χ1n) is 4.66. The SMILES string of the molecule is CC1(C)c2cc(O)ccc2OC1CO. The molecular weight excluding hydrogens is 180 g/mol. The summed E-state index contributed by atoms with van der Waals surface area (Å²) in [6, 6.07) is 5.03. The fourth-order valence-electron chi connectivity index (χ4n) is 1.86. The van der Waals surface area contributed by atoms with Crippen LogP contribution in [0.5, 0.6) is 11.5 Å². The fraction of sp³-hybridized carbons (Fsp3) is 0.455.